The number of halogens is 1. The molecule has 1 aromatic heterocycles. The summed E-state index contributed by atoms with van der Waals surface area (Å²) in [5, 5.41) is 21.0. The first-order chi connectivity index (χ1) is 14.2. The summed E-state index contributed by atoms with van der Waals surface area (Å²) in [4.78, 5) is 18.6. The van der Waals surface area contributed by atoms with Gasteiger partial charge in [-0.25, -0.2) is 9.78 Å². The molecule has 0 atom stereocenters. The zero-order chi connectivity index (χ0) is 22.4. The van der Waals surface area contributed by atoms with Gasteiger partial charge in [0.1, 0.15) is 11.3 Å². The standard InChI is InChI=1S/C18H14ClNO3.C6H15N/c1-9-7-10(2)15-13(8-9)14(18(22)23)17(21)16(20-15)11-3-5-12(19)6-4-11;1-4-7(5-2)6-3/h3-8,21H,1-2H3,(H,22,23);4-6H2,1-3H3. The lowest BCUT2D eigenvalue weighted by Crippen LogP contribution is -2.21. The van der Waals surface area contributed by atoms with Crippen molar-refractivity contribution in [2.75, 3.05) is 19.6 Å². The van der Waals surface area contributed by atoms with Gasteiger partial charge in [-0.3, -0.25) is 0 Å². The number of aromatic carboxylic acids is 1. The highest BCUT2D eigenvalue weighted by molar-refractivity contribution is 6.30. The third-order valence-corrected chi connectivity index (χ3v) is 5.32. The van der Waals surface area contributed by atoms with Gasteiger partial charge in [0, 0.05) is 16.0 Å². The Hall–Kier alpha value is -2.63. The minimum Gasteiger partial charge on any atom is -0.505 e. The van der Waals surface area contributed by atoms with E-state index in [0.717, 1.165) is 11.1 Å². The molecule has 0 amide bonds. The summed E-state index contributed by atoms with van der Waals surface area (Å²) in [6.45, 7) is 13.9. The number of aromatic hydroxyl groups is 1. The Morgan fingerprint density at radius 2 is 1.60 bits per heavy atom. The molecule has 0 radical (unpaired) electrons. The Bertz CT molecular complexity index is 1020. The number of carbonyl (C=O) groups is 1. The Labute approximate surface area is 182 Å². The molecule has 160 valence electrons. The molecule has 0 aliphatic rings. The monoisotopic (exact) mass is 428 g/mol. The zero-order valence-electron chi connectivity index (χ0n) is 18.2. The van der Waals surface area contributed by atoms with E-state index in [0.29, 0.717) is 21.5 Å². The number of pyridine rings is 1. The SMILES string of the molecule is CCN(CC)CC.Cc1cc(C)c2nc(-c3ccc(Cl)cc3)c(O)c(C(=O)O)c2c1. The summed E-state index contributed by atoms with van der Waals surface area (Å²) < 4.78 is 0. The zero-order valence-corrected chi connectivity index (χ0v) is 18.9. The van der Waals surface area contributed by atoms with Crippen molar-refractivity contribution in [2.45, 2.75) is 34.6 Å². The molecule has 0 bridgehead atoms. The van der Waals surface area contributed by atoms with Crippen molar-refractivity contribution in [1.82, 2.24) is 9.88 Å². The van der Waals surface area contributed by atoms with E-state index >= 15 is 0 Å². The molecular formula is C24H29ClN2O3. The van der Waals surface area contributed by atoms with Crippen LogP contribution >= 0.6 is 11.6 Å². The lowest BCUT2D eigenvalue weighted by atomic mass is 9.98. The van der Waals surface area contributed by atoms with Crippen molar-refractivity contribution in [3.8, 4) is 17.0 Å². The first-order valence-corrected chi connectivity index (χ1v) is 10.5. The van der Waals surface area contributed by atoms with E-state index in [4.69, 9.17) is 11.6 Å². The lowest BCUT2D eigenvalue weighted by Gasteiger charge is -2.13. The van der Waals surface area contributed by atoms with Crippen molar-refractivity contribution in [2.24, 2.45) is 0 Å². The molecule has 0 aliphatic heterocycles. The second-order valence-corrected chi connectivity index (χ2v) is 7.53. The average Bonchev–Trinajstić information content (AvgIpc) is 2.70. The number of rotatable bonds is 5. The summed E-state index contributed by atoms with van der Waals surface area (Å²) in [6, 6.07) is 10.4. The number of fused-ring (bicyclic) bond motifs is 1. The van der Waals surface area contributed by atoms with Gasteiger partial charge < -0.3 is 15.1 Å². The highest BCUT2D eigenvalue weighted by Gasteiger charge is 2.21. The van der Waals surface area contributed by atoms with E-state index in [1.165, 1.54) is 19.6 Å². The fraction of sp³-hybridized carbons (Fsp3) is 0.333. The van der Waals surface area contributed by atoms with Crippen molar-refractivity contribution < 1.29 is 15.0 Å². The van der Waals surface area contributed by atoms with Crippen molar-refractivity contribution in [3.63, 3.8) is 0 Å². The lowest BCUT2D eigenvalue weighted by molar-refractivity contribution is 0.0696. The van der Waals surface area contributed by atoms with Crippen LogP contribution in [0.15, 0.2) is 36.4 Å². The number of aromatic nitrogens is 1. The number of hydrogen-bond donors (Lipinski definition) is 2. The normalized spacial score (nSPS) is 10.8. The van der Waals surface area contributed by atoms with Crippen LogP contribution in [-0.2, 0) is 0 Å². The van der Waals surface area contributed by atoms with Crippen LogP contribution in [0.25, 0.3) is 22.2 Å². The van der Waals surface area contributed by atoms with E-state index in [1.807, 2.05) is 19.9 Å². The largest absolute Gasteiger partial charge is 0.505 e. The Balaban J connectivity index is 0.000000396. The Kier molecular flexibility index (Phi) is 8.21. The Morgan fingerprint density at radius 3 is 2.07 bits per heavy atom. The maximum Gasteiger partial charge on any atom is 0.340 e. The highest BCUT2D eigenvalue weighted by atomic mass is 35.5. The molecule has 0 unspecified atom stereocenters. The molecule has 1 heterocycles. The number of hydrogen-bond acceptors (Lipinski definition) is 4. The molecule has 5 nitrogen and oxygen atoms in total. The van der Waals surface area contributed by atoms with Crippen LogP contribution < -0.4 is 0 Å². The van der Waals surface area contributed by atoms with Gasteiger partial charge in [0.2, 0.25) is 0 Å². The van der Waals surface area contributed by atoms with E-state index in [9.17, 15) is 15.0 Å². The van der Waals surface area contributed by atoms with Crippen molar-refractivity contribution in [3.05, 3.63) is 58.1 Å². The molecule has 6 heteroatoms. The first-order valence-electron chi connectivity index (χ1n) is 10.1. The van der Waals surface area contributed by atoms with E-state index in [1.54, 1.807) is 30.3 Å². The van der Waals surface area contributed by atoms with Gasteiger partial charge >= 0.3 is 5.97 Å². The Morgan fingerprint density at radius 1 is 1.03 bits per heavy atom. The number of aryl methyl sites for hydroxylation is 2. The predicted molar refractivity (Wildman–Crippen MR) is 124 cm³/mol. The second kappa shape index (κ2) is 10.4. The third kappa shape index (κ3) is 5.29. The van der Waals surface area contributed by atoms with Gasteiger partial charge in [-0.2, -0.15) is 0 Å². The minimum atomic E-state index is -1.19. The summed E-state index contributed by atoms with van der Waals surface area (Å²) in [5.74, 6) is -1.52. The number of nitrogens with zero attached hydrogens (tertiary/aromatic N) is 2. The molecule has 2 aromatic carbocycles. The molecule has 0 aliphatic carbocycles. The topological polar surface area (TPSA) is 73.7 Å². The minimum absolute atomic E-state index is 0.133. The van der Waals surface area contributed by atoms with Crippen LogP contribution in [0, 0.1) is 13.8 Å². The molecule has 0 saturated carbocycles. The van der Waals surface area contributed by atoms with Gasteiger partial charge in [0.05, 0.1) is 5.52 Å². The fourth-order valence-electron chi connectivity index (χ4n) is 3.41. The first kappa shape index (κ1) is 23.6. The number of benzene rings is 2. The summed E-state index contributed by atoms with van der Waals surface area (Å²) in [6.07, 6.45) is 0. The molecule has 0 spiro atoms. The summed E-state index contributed by atoms with van der Waals surface area (Å²) in [7, 11) is 0. The molecule has 0 fully saturated rings. The molecule has 0 saturated heterocycles. The van der Waals surface area contributed by atoms with Gasteiger partial charge in [-0.05, 0) is 57.2 Å². The van der Waals surface area contributed by atoms with Crippen molar-refractivity contribution in [1.29, 1.82) is 0 Å². The maximum atomic E-state index is 11.7. The molecule has 30 heavy (non-hydrogen) atoms. The third-order valence-electron chi connectivity index (χ3n) is 5.07. The van der Waals surface area contributed by atoms with Crippen LogP contribution in [0.2, 0.25) is 5.02 Å². The summed E-state index contributed by atoms with van der Waals surface area (Å²) in [5.41, 5.74) is 3.05. The number of carboxylic acid groups (broad SMARTS) is 1. The summed E-state index contributed by atoms with van der Waals surface area (Å²) >= 11 is 5.88. The number of carboxylic acids is 1. The van der Waals surface area contributed by atoms with E-state index < -0.39 is 5.97 Å². The van der Waals surface area contributed by atoms with Gasteiger partial charge in [0.15, 0.2) is 5.75 Å². The van der Waals surface area contributed by atoms with E-state index in [-0.39, 0.29) is 17.0 Å². The van der Waals surface area contributed by atoms with Crippen LogP contribution in [0.3, 0.4) is 0 Å². The quantitative estimate of drug-likeness (QED) is 0.527. The smallest absolute Gasteiger partial charge is 0.340 e. The van der Waals surface area contributed by atoms with Gasteiger partial charge in [0.25, 0.3) is 0 Å². The van der Waals surface area contributed by atoms with Crippen molar-refractivity contribution >= 4 is 28.5 Å². The predicted octanol–water partition coefficient (Wildman–Crippen LogP) is 5.92. The van der Waals surface area contributed by atoms with Crippen LogP contribution in [0.4, 0.5) is 0 Å². The van der Waals surface area contributed by atoms with Gasteiger partial charge in [-0.1, -0.05) is 56.1 Å². The fourth-order valence-corrected chi connectivity index (χ4v) is 3.53. The highest BCUT2D eigenvalue weighted by Crippen LogP contribution is 2.37. The molecular weight excluding hydrogens is 400 g/mol. The molecule has 3 rings (SSSR count). The molecule has 2 N–H and O–H groups in total. The molecule has 3 aromatic rings. The second-order valence-electron chi connectivity index (χ2n) is 7.09. The van der Waals surface area contributed by atoms with Gasteiger partial charge in [-0.15, -0.1) is 0 Å². The van der Waals surface area contributed by atoms with Crippen LogP contribution in [0.1, 0.15) is 42.3 Å². The maximum absolute atomic E-state index is 11.7. The average molecular weight is 429 g/mol. The van der Waals surface area contributed by atoms with Crippen LogP contribution in [-0.4, -0.2) is 45.7 Å². The van der Waals surface area contributed by atoms with E-state index in [2.05, 4.69) is 30.7 Å². The van der Waals surface area contributed by atoms with Crippen LogP contribution in [0.5, 0.6) is 5.75 Å².